The second-order valence-corrected chi connectivity index (χ2v) is 5.58. The van der Waals surface area contributed by atoms with Gasteiger partial charge >= 0.3 is 0 Å². The van der Waals surface area contributed by atoms with Gasteiger partial charge in [-0.15, -0.1) is 12.4 Å². The van der Waals surface area contributed by atoms with E-state index < -0.39 is 20.8 Å². The molecule has 0 bridgehead atoms. The van der Waals surface area contributed by atoms with Gasteiger partial charge < -0.3 is 4.74 Å². The lowest BCUT2D eigenvalue weighted by atomic mass is 10.0. The molecule has 0 unspecified atom stereocenters. The Morgan fingerprint density at radius 2 is 1.76 bits per heavy atom. The van der Waals surface area contributed by atoms with Crippen LogP contribution >= 0.6 is 12.4 Å². The van der Waals surface area contributed by atoms with Crippen molar-refractivity contribution in [3.8, 4) is 5.75 Å². The summed E-state index contributed by atoms with van der Waals surface area (Å²) in [6.07, 6.45) is 0.166. The Hall–Kier alpha value is -1.63. The van der Waals surface area contributed by atoms with Crippen LogP contribution in [0.25, 0.3) is 0 Å². The largest absolute Gasteiger partial charge is 0.495 e. The van der Waals surface area contributed by atoms with E-state index in [1.165, 1.54) is 7.11 Å². The monoisotopic (exact) mass is 332 g/mol. The zero-order valence-corrected chi connectivity index (χ0v) is 12.7. The third kappa shape index (κ3) is 3.93. The predicted octanol–water partition coefficient (Wildman–Crippen LogP) is 3.09. The summed E-state index contributed by atoms with van der Waals surface area (Å²) in [5.74, 6) is -0.755. The first kappa shape index (κ1) is 17.4. The number of ether oxygens (including phenoxy) is 1. The van der Waals surface area contributed by atoms with E-state index >= 15 is 0 Å². The average Bonchev–Trinajstić information content (AvgIpc) is 2.40. The van der Waals surface area contributed by atoms with Crippen LogP contribution in [0, 0.1) is 5.82 Å². The fraction of sp³-hybridized carbons (Fsp3) is 0.143. The van der Waals surface area contributed by atoms with Crippen LogP contribution in [0.15, 0.2) is 47.4 Å². The summed E-state index contributed by atoms with van der Waals surface area (Å²) in [7, 11) is -3.23. The summed E-state index contributed by atoms with van der Waals surface area (Å²) in [6, 6.07) is 11.0. The Labute approximate surface area is 128 Å². The van der Waals surface area contributed by atoms with Crippen molar-refractivity contribution in [1.82, 2.24) is 0 Å². The van der Waals surface area contributed by atoms with E-state index in [-0.39, 0.29) is 30.1 Å². The van der Waals surface area contributed by atoms with Crippen molar-refractivity contribution in [3.63, 3.8) is 0 Å². The molecule has 114 valence electrons. The van der Waals surface area contributed by atoms with Gasteiger partial charge in [0.2, 0.25) is 0 Å². The van der Waals surface area contributed by atoms with Gasteiger partial charge in [0.05, 0.1) is 7.11 Å². The fourth-order valence-electron chi connectivity index (χ4n) is 1.97. The Kier molecular flexibility index (Phi) is 5.71. The smallest absolute Gasteiger partial charge is 0.298 e. The van der Waals surface area contributed by atoms with Crippen LogP contribution in [-0.2, 0) is 16.5 Å². The SMILES string of the molecule is COc1c(S(=O)(=O)O)ccc(F)c1Cc1ccccc1.Cl. The van der Waals surface area contributed by atoms with E-state index in [1.54, 1.807) is 24.3 Å². The number of methoxy groups -OCH3 is 1. The molecule has 0 saturated heterocycles. The molecule has 4 nitrogen and oxygen atoms in total. The summed E-state index contributed by atoms with van der Waals surface area (Å²) >= 11 is 0. The maximum atomic E-state index is 13.9. The van der Waals surface area contributed by atoms with Gasteiger partial charge in [-0.2, -0.15) is 8.42 Å². The maximum Gasteiger partial charge on any atom is 0.298 e. The minimum atomic E-state index is -4.47. The van der Waals surface area contributed by atoms with Crippen molar-refractivity contribution < 1.29 is 22.1 Å². The van der Waals surface area contributed by atoms with E-state index in [4.69, 9.17) is 9.29 Å². The minimum Gasteiger partial charge on any atom is -0.495 e. The van der Waals surface area contributed by atoms with Crippen LogP contribution in [0.1, 0.15) is 11.1 Å². The fourth-order valence-corrected chi connectivity index (χ4v) is 2.65. The van der Waals surface area contributed by atoms with Crippen molar-refractivity contribution in [2.75, 3.05) is 7.11 Å². The molecule has 0 saturated carbocycles. The molecule has 0 radical (unpaired) electrons. The van der Waals surface area contributed by atoms with Gasteiger partial charge in [-0.25, -0.2) is 4.39 Å². The topological polar surface area (TPSA) is 63.6 Å². The van der Waals surface area contributed by atoms with Gasteiger partial charge in [-0.05, 0) is 17.7 Å². The second kappa shape index (κ2) is 6.89. The Bertz CT molecular complexity index is 717. The number of hydrogen-bond acceptors (Lipinski definition) is 3. The van der Waals surface area contributed by atoms with Crippen LogP contribution in [0.5, 0.6) is 5.75 Å². The molecule has 0 atom stereocenters. The van der Waals surface area contributed by atoms with Crippen molar-refractivity contribution in [1.29, 1.82) is 0 Å². The molecule has 2 rings (SSSR count). The molecule has 7 heteroatoms. The van der Waals surface area contributed by atoms with E-state index in [9.17, 15) is 12.8 Å². The van der Waals surface area contributed by atoms with Crippen LogP contribution in [-0.4, -0.2) is 20.1 Å². The van der Waals surface area contributed by atoms with E-state index in [0.29, 0.717) is 0 Å². The molecule has 0 aliphatic rings. The molecule has 2 aromatic carbocycles. The van der Waals surface area contributed by atoms with Gasteiger partial charge in [0.15, 0.2) is 0 Å². The summed E-state index contributed by atoms with van der Waals surface area (Å²) in [5, 5.41) is 0. The van der Waals surface area contributed by atoms with Crippen LogP contribution in [0.4, 0.5) is 4.39 Å². The van der Waals surface area contributed by atoms with E-state index in [1.807, 2.05) is 6.07 Å². The van der Waals surface area contributed by atoms with Crippen LogP contribution in [0.3, 0.4) is 0 Å². The van der Waals surface area contributed by atoms with Crippen molar-refractivity contribution in [2.24, 2.45) is 0 Å². The van der Waals surface area contributed by atoms with E-state index in [0.717, 1.165) is 17.7 Å². The normalized spacial score (nSPS) is 10.8. The lowest BCUT2D eigenvalue weighted by Crippen LogP contribution is -2.06. The zero-order valence-electron chi connectivity index (χ0n) is 11.1. The second-order valence-electron chi connectivity index (χ2n) is 4.19. The first-order valence-corrected chi connectivity index (χ1v) is 7.24. The lowest BCUT2D eigenvalue weighted by Gasteiger charge is -2.13. The molecule has 0 heterocycles. The highest BCUT2D eigenvalue weighted by Gasteiger charge is 2.22. The first-order valence-electron chi connectivity index (χ1n) is 5.80. The van der Waals surface area contributed by atoms with Gasteiger partial charge in [0, 0.05) is 12.0 Å². The molecule has 0 aliphatic heterocycles. The van der Waals surface area contributed by atoms with Gasteiger partial charge in [0.25, 0.3) is 10.1 Å². The molecule has 21 heavy (non-hydrogen) atoms. The molecular weight excluding hydrogens is 319 g/mol. The number of hydrogen-bond donors (Lipinski definition) is 1. The summed E-state index contributed by atoms with van der Waals surface area (Å²) < 4.78 is 50.6. The highest BCUT2D eigenvalue weighted by atomic mass is 35.5. The molecule has 0 aromatic heterocycles. The van der Waals surface area contributed by atoms with Crippen molar-refractivity contribution >= 4 is 22.5 Å². The number of halogens is 2. The maximum absolute atomic E-state index is 13.9. The lowest BCUT2D eigenvalue weighted by molar-refractivity contribution is 0.388. The van der Waals surface area contributed by atoms with Crippen LogP contribution in [0.2, 0.25) is 0 Å². The quantitative estimate of drug-likeness (QED) is 0.874. The minimum absolute atomic E-state index is 0. The molecule has 0 spiro atoms. The first-order chi connectivity index (χ1) is 9.43. The molecule has 1 N–H and O–H groups in total. The highest BCUT2D eigenvalue weighted by Crippen LogP contribution is 2.31. The molecule has 0 aliphatic carbocycles. The van der Waals surface area contributed by atoms with Crippen molar-refractivity contribution in [3.05, 3.63) is 59.4 Å². The van der Waals surface area contributed by atoms with Gasteiger partial charge in [-0.1, -0.05) is 30.3 Å². The summed E-state index contributed by atoms with van der Waals surface area (Å²) in [4.78, 5) is -0.438. The third-order valence-corrected chi connectivity index (χ3v) is 3.75. The van der Waals surface area contributed by atoms with Crippen molar-refractivity contribution in [2.45, 2.75) is 11.3 Å². The summed E-state index contributed by atoms with van der Waals surface area (Å²) in [5.41, 5.74) is 0.894. The predicted molar refractivity (Wildman–Crippen MR) is 79.3 cm³/mol. The van der Waals surface area contributed by atoms with Gasteiger partial charge in [0.1, 0.15) is 16.5 Å². The molecule has 0 amide bonds. The van der Waals surface area contributed by atoms with E-state index in [2.05, 4.69) is 0 Å². The Balaban J connectivity index is 0.00000220. The third-order valence-electron chi connectivity index (χ3n) is 2.87. The zero-order chi connectivity index (χ0) is 14.8. The number of rotatable bonds is 4. The standard InChI is InChI=1S/C14H13FO4S.ClH/c1-19-14-11(9-10-5-3-2-4-6-10)12(15)7-8-13(14)20(16,17)18;/h2-8H,9H2,1H3,(H,16,17,18);1H. The summed E-state index contributed by atoms with van der Waals surface area (Å²) in [6.45, 7) is 0. The van der Waals surface area contributed by atoms with Crippen LogP contribution < -0.4 is 4.74 Å². The Morgan fingerprint density at radius 3 is 2.29 bits per heavy atom. The average molecular weight is 333 g/mol. The molecular formula is C14H14ClFO4S. The molecule has 2 aromatic rings. The molecule has 0 fully saturated rings. The Morgan fingerprint density at radius 1 is 1.14 bits per heavy atom. The number of benzene rings is 2. The highest BCUT2D eigenvalue weighted by molar-refractivity contribution is 7.86. The van der Waals surface area contributed by atoms with Gasteiger partial charge in [-0.3, -0.25) is 4.55 Å².